The third-order valence-corrected chi connectivity index (χ3v) is 8.07. The fraction of sp³-hybridized carbons (Fsp3) is 0.276. The van der Waals surface area contributed by atoms with Gasteiger partial charge in [0.05, 0.1) is 17.2 Å². The van der Waals surface area contributed by atoms with Gasteiger partial charge in [-0.3, -0.25) is 9.52 Å². The molecule has 0 fully saturated rings. The number of rotatable bonds is 9. The summed E-state index contributed by atoms with van der Waals surface area (Å²) in [5.74, 6) is -0.614. The van der Waals surface area contributed by atoms with Crippen LogP contribution in [0.5, 0.6) is 11.5 Å². The van der Waals surface area contributed by atoms with Crippen molar-refractivity contribution in [2.75, 3.05) is 16.3 Å². The molecule has 0 radical (unpaired) electrons. The molecule has 1 aromatic heterocycles. The molecule has 0 aliphatic rings. The van der Waals surface area contributed by atoms with Crippen molar-refractivity contribution in [3.63, 3.8) is 0 Å². The Balaban J connectivity index is 1.64. The summed E-state index contributed by atoms with van der Waals surface area (Å²) >= 11 is 7.66. The van der Waals surface area contributed by atoms with Gasteiger partial charge in [-0.25, -0.2) is 8.42 Å². The molecular formula is C29H28ClF3N2O5S2. The molecule has 4 rings (SSSR count). The first-order chi connectivity index (χ1) is 19.4. The van der Waals surface area contributed by atoms with Gasteiger partial charge in [-0.15, -0.1) is 24.5 Å². The average Bonchev–Trinajstić information content (AvgIpc) is 3.24. The zero-order valence-electron chi connectivity index (χ0n) is 23.2. The van der Waals surface area contributed by atoms with Crippen molar-refractivity contribution in [3.05, 3.63) is 81.7 Å². The Morgan fingerprint density at radius 3 is 2.24 bits per heavy atom. The topological polar surface area (TPSA) is 93.7 Å². The van der Waals surface area contributed by atoms with Crippen LogP contribution in [0.3, 0.4) is 0 Å². The van der Waals surface area contributed by atoms with E-state index in [2.05, 4.69) is 14.8 Å². The predicted octanol–water partition coefficient (Wildman–Crippen LogP) is 8.19. The Morgan fingerprint density at radius 2 is 1.60 bits per heavy atom. The number of carbonyl (C=O) groups is 1. The van der Waals surface area contributed by atoms with E-state index in [-0.39, 0.29) is 11.9 Å². The molecule has 0 bridgehead atoms. The van der Waals surface area contributed by atoms with E-state index in [0.29, 0.717) is 37.8 Å². The number of benzene rings is 3. The van der Waals surface area contributed by atoms with Gasteiger partial charge >= 0.3 is 6.36 Å². The molecule has 4 aromatic rings. The Kier molecular flexibility index (Phi) is 8.73. The largest absolute Gasteiger partial charge is 0.573 e. The summed E-state index contributed by atoms with van der Waals surface area (Å²) in [7, 11) is -3.46. The second kappa shape index (κ2) is 11.7. The number of hydrogen-bond acceptors (Lipinski definition) is 6. The number of hydrogen-bond donors (Lipinski definition) is 2. The van der Waals surface area contributed by atoms with Gasteiger partial charge in [0.15, 0.2) is 0 Å². The van der Waals surface area contributed by atoms with Crippen molar-refractivity contribution in [2.45, 2.75) is 45.6 Å². The molecule has 7 nitrogen and oxygen atoms in total. The lowest BCUT2D eigenvalue weighted by molar-refractivity contribution is -0.274. The van der Waals surface area contributed by atoms with Crippen molar-refractivity contribution in [1.82, 2.24) is 0 Å². The average molecular weight is 641 g/mol. The number of halogens is 4. The summed E-state index contributed by atoms with van der Waals surface area (Å²) in [6.45, 7) is 7.14. The highest BCUT2D eigenvalue weighted by Crippen LogP contribution is 2.40. The highest BCUT2D eigenvalue weighted by molar-refractivity contribution is 7.92. The number of anilines is 2. The van der Waals surface area contributed by atoms with E-state index < -0.39 is 33.5 Å². The SMILES string of the molecule is CC(C)Oc1cc(OC(F)(F)F)cc(C(C)(C)c2cc(Cl)cc(NC(=O)c3cc4cc(NS(C)(=O)=O)ccc4s3)c2)c1. The summed E-state index contributed by atoms with van der Waals surface area (Å²) < 4.78 is 75.4. The molecular weight excluding hydrogens is 613 g/mol. The van der Waals surface area contributed by atoms with Crippen molar-refractivity contribution >= 4 is 60.3 Å². The molecule has 0 saturated carbocycles. The van der Waals surface area contributed by atoms with Crippen LogP contribution in [-0.2, 0) is 15.4 Å². The molecule has 1 amide bonds. The molecule has 13 heteroatoms. The zero-order valence-corrected chi connectivity index (χ0v) is 25.6. The second-order valence-electron chi connectivity index (χ2n) is 10.5. The molecule has 1 heterocycles. The Hall–Kier alpha value is -3.48. The molecule has 0 saturated heterocycles. The highest BCUT2D eigenvalue weighted by Gasteiger charge is 2.33. The van der Waals surface area contributed by atoms with Crippen LogP contribution in [0.1, 0.15) is 48.5 Å². The molecule has 224 valence electrons. The van der Waals surface area contributed by atoms with Gasteiger partial charge in [-0.05, 0) is 85.0 Å². The maximum Gasteiger partial charge on any atom is 0.573 e. The van der Waals surface area contributed by atoms with Crippen LogP contribution in [0.25, 0.3) is 10.1 Å². The number of fused-ring (bicyclic) bond motifs is 1. The summed E-state index contributed by atoms with van der Waals surface area (Å²) in [6.07, 6.45) is -4.12. The van der Waals surface area contributed by atoms with Crippen LogP contribution in [0.15, 0.2) is 60.7 Å². The maximum atomic E-state index is 13.2. The summed E-state index contributed by atoms with van der Waals surface area (Å²) in [6, 6.07) is 15.7. The van der Waals surface area contributed by atoms with Gasteiger partial charge in [-0.1, -0.05) is 25.4 Å². The molecule has 0 atom stereocenters. The first-order valence-electron chi connectivity index (χ1n) is 12.6. The number of alkyl halides is 3. The fourth-order valence-corrected chi connectivity index (χ4v) is 6.01. The summed E-state index contributed by atoms with van der Waals surface area (Å²) in [5.41, 5.74) is 0.975. The van der Waals surface area contributed by atoms with Crippen LogP contribution < -0.4 is 19.5 Å². The summed E-state index contributed by atoms with van der Waals surface area (Å²) in [4.78, 5) is 13.6. The lowest BCUT2D eigenvalue weighted by Gasteiger charge is -2.28. The Morgan fingerprint density at radius 1 is 0.929 bits per heavy atom. The van der Waals surface area contributed by atoms with Crippen LogP contribution in [0.2, 0.25) is 5.02 Å². The van der Waals surface area contributed by atoms with E-state index in [9.17, 15) is 26.4 Å². The number of carbonyl (C=O) groups excluding carboxylic acids is 1. The van der Waals surface area contributed by atoms with Gasteiger partial charge in [0.25, 0.3) is 5.91 Å². The van der Waals surface area contributed by atoms with E-state index >= 15 is 0 Å². The Labute approximate surface area is 250 Å². The van der Waals surface area contributed by atoms with Gasteiger partial charge < -0.3 is 14.8 Å². The third-order valence-electron chi connectivity index (χ3n) is 6.13. The number of ether oxygens (including phenoxy) is 2. The molecule has 0 spiro atoms. The quantitative estimate of drug-likeness (QED) is 0.192. The van der Waals surface area contributed by atoms with Crippen molar-refractivity contribution < 1.29 is 35.9 Å². The van der Waals surface area contributed by atoms with Gasteiger partial charge in [0.2, 0.25) is 10.0 Å². The van der Waals surface area contributed by atoms with E-state index in [0.717, 1.165) is 11.0 Å². The summed E-state index contributed by atoms with van der Waals surface area (Å²) in [5, 5.41) is 3.83. The van der Waals surface area contributed by atoms with Crippen LogP contribution >= 0.6 is 22.9 Å². The molecule has 0 unspecified atom stereocenters. The minimum atomic E-state index is -4.89. The van der Waals surface area contributed by atoms with Gasteiger partial charge in [-0.2, -0.15) is 0 Å². The fourth-order valence-electron chi connectivity index (χ4n) is 4.28. The Bertz CT molecular complexity index is 1750. The zero-order chi connectivity index (χ0) is 31.0. The molecule has 2 N–H and O–H groups in total. The van der Waals surface area contributed by atoms with Crippen LogP contribution in [-0.4, -0.2) is 33.0 Å². The first-order valence-corrected chi connectivity index (χ1v) is 15.7. The third kappa shape index (κ3) is 8.08. The van der Waals surface area contributed by atoms with E-state index in [4.69, 9.17) is 16.3 Å². The van der Waals surface area contributed by atoms with Crippen LogP contribution in [0, 0.1) is 0 Å². The van der Waals surface area contributed by atoms with Crippen LogP contribution in [0.4, 0.5) is 24.5 Å². The minimum Gasteiger partial charge on any atom is -0.491 e. The highest BCUT2D eigenvalue weighted by atomic mass is 35.5. The standard InChI is InChI=1S/C29H28ClF3N2O5S2/c1-16(2)39-23-12-19(13-24(15-23)40-29(31,32)33)28(3,4)18-10-20(30)14-22(11-18)34-27(36)26-9-17-8-21(35-42(5,37)38)6-7-25(17)41-26/h6-16,35H,1-5H3,(H,34,36). The lowest BCUT2D eigenvalue weighted by atomic mass is 9.78. The lowest BCUT2D eigenvalue weighted by Crippen LogP contribution is -2.22. The van der Waals surface area contributed by atoms with E-state index in [1.807, 2.05) is 13.8 Å². The number of sulfonamides is 1. The maximum absolute atomic E-state index is 13.2. The first kappa shape index (κ1) is 31.5. The predicted molar refractivity (Wildman–Crippen MR) is 161 cm³/mol. The molecule has 42 heavy (non-hydrogen) atoms. The molecule has 0 aliphatic heterocycles. The van der Waals surface area contributed by atoms with E-state index in [1.54, 1.807) is 62.4 Å². The van der Waals surface area contributed by atoms with Crippen molar-refractivity contribution in [1.29, 1.82) is 0 Å². The van der Waals surface area contributed by atoms with Crippen molar-refractivity contribution in [3.8, 4) is 11.5 Å². The monoisotopic (exact) mass is 640 g/mol. The number of nitrogens with one attached hydrogen (secondary N) is 2. The van der Waals surface area contributed by atoms with Gasteiger partial charge in [0.1, 0.15) is 11.5 Å². The van der Waals surface area contributed by atoms with Crippen molar-refractivity contribution in [2.24, 2.45) is 0 Å². The normalized spacial score (nSPS) is 12.4. The smallest absolute Gasteiger partial charge is 0.491 e. The number of thiophene rings is 1. The molecule has 3 aromatic carbocycles. The van der Waals surface area contributed by atoms with E-state index in [1.165, 1.54) is 23.5 Å². The second-order valence-corrected chi connectivity index (χ2v) is 13.7. The van der Waals surface area contributed by atoms with Gasteiger partial charge in [0, 0.05) is 32.6 Å². The molecule has 0 aliphatic carbocycles. The minimum absolute atomic E-state index is 0.213. The number of amides is 1.